The van der Waals surface area contributed by atoms with E-state index in [-0.39, 0.29) is 22.7 Å². The van der Waals surface area contributed by atoms with Gasteiger partial charge in [0.05, 0.1) is 10.6 Å². The van der Waals surface area contributed by atoms with Gasteiger partial charge in [-0.05, 0) is 75.1 Å². The Morgan fingerprint density at radius 3 is 2.28 bits per heavy atom. The van der Waals surface area contributed by atoms with Crippen LogP contribution in [0.3, 0.4) is 0 Å². The van der Waals surface area contributed by atoms with Gasteiger partial charge in [0.2, 0.25) is 10.0 Å². The molecule has 9 heteroatoms. The fraction of sp³-hybridized carbons (Fsp3) is 0.667. The van der Waals surface area contributed by atoms with Gasteiger partial charge in [-0.3, -0.25) is 4.79 Å². The predicted octanol–water partition coefficient (Wildman–Crippen LogP) is 5.75. The smallest absolute Gasteiger partial charge is 0.307 e. The quantitative estimate of drug-likeness (QED) is 0.447. The summed E-state index contributed by atoms with van der Waals surface area (Å²) in [5.74, 6) is 0.788. The molecule has 1 amide bonds. The van der Waals surface area contributed by atoms with Crippen molar-refractivity contribution in [2.24, 2.45) is 5.92 Å². The number of carbonyl (C=O) groups excluding carboxylic acids is 1. The van der Waals surface area contributed by atoms with Crippen molar-refractivity contribution in [3.8, 4) is 11.3 Å². The van der Waals surface area contributed by atoms with Crippen LogP contribution in [0.25, 0.3) is 11.3 Å². The van der Waals surface area contributed by atoms with Crippen LogP contribution >= 0.6 is 0 Å². The molecular formula is C30H45N3O5S. The summed E-state index contributed by atoms with van der Waals surface area (Å²) in [7, 11) is -3.76. The van der Waals surface area contributed by atoms with E-state index in [9.17, 15) is 13.2 Å². The number of sulfonamides is 1. The van der Waals surface area contributed by atoms with Crippen molar-refractivity contribution in [3.63, 3.8) is 0 Å². The van der Waals surface area contributed by atoms with Crippen LogP contribution < -0.4 is 10.0 Å². The maximum absolute atomic E-state index is 13.4. The third-order valence-electron chi connectivity index (χ3n) is 7.43. The molecule has 2 N–H and O–H groups in total. The van der Waals surface area contributed by atoms with Crippen LogP contribution in [0.2, 0.25) is 0 Å². The highest BCUT2D eigenvalue weighted by molar-refractivity contribution is 7.89. The molecule has 0 spiro atoms. The number of nitrogens with one attached hydrogen (secondary N) is 2. The van der Waals surface area contributed by atoms with E-state index in [4.69, 9.17) is 14.1 Å². The highest BCUT2D eigenvalue weighted by atomic mass is 32.2. The van der Waals surface area contributed by atoms with Gasteiger partial charge in [-0.15, -0.1) is 0 Å². The maximum Gasteiger partial charge on any atom is 0.307 e. The lowest BCUT2D eigenvalue weighted by molar-refractivity contribution is 0.0680. The summed E-state index contributed by atoms with van der Waals surface area (Å²) in [6.45, 7) is 12.7. The zero-order chi connectivity index (χ0) is 28.4. The molecule has 2 aromatic rings. The first-order chi connectivity index (χ1) is 18.2. The van der Waals surface area contributed by atoms with Gasteiger partial charge in [-0.2, -0.15) is 0 Å². The van der Waals surface area contributed by atoms with Gasteiger partial charge in [0.15, 0.2) is 5.76 Å². The van der Waals surface area contributed by atoms with Crippen LogP contribution in [0.5, 0.6) is 0 Å². The van der Waals surface area contributed by atoms with E-state index in [1.54, 1.807) is 12.1 Å². The minimum Gasteiger partial charge on any atom is -0.432 e. The Labute approximate surface area is 233 Å². The summed E-state index contributed by atoms with van der Waals surface area (Å²) >= 11 is 0. The minimum atomic E-state index is -3.76. The molecular weight excluding hydrogens is 514 g/mol. The predicted molar refractivity (Wildman–Crippen MR) is 152 cm³/mol. The molecule has 2 aliphatic rings. The van der Waals surface area contributed by atoms with Gasteiger partial charge in [0, 0.05) is 30.4 Å². The third kappa shape index (κ3) is 7.70. The van der Waals surface area contributed by atoms with Crippen molar-refractivity contribution in [3.05, 3.63) is 35.3 Å². The highest BCUT2D eigenvalue weighted by Gasteiger charge is 2.31. The van der Waals surface area contributed by atoms with Crippen molar-refractivity contribution in [2.75, 3.05) is 13.2 Å². The first kappa shape index (κ1) is 29.7. The molecule has 0 unspecified atom stereocenters. The number of oxazole rings is 1. The standard InChI is InChI=1S/C30H45N3O5S/c1-29(2,3)23-19-21(12-13-25(23)39(35,36)33-30(4,5)6)26-24(18-20-10-8-7-9-11-20)32-28(38-26)27(34)31-22-14-16-37-17-15-22/h12-13,19-20,22,33H,7-11,14-18H2,1-6H3,(H,31,34). The second kappa shape index (κ2) is 11.7. The van der Waals surface area contributed by atoms with Gasteiger partial charge in [-0.25, -0.2) is 18.1 Å². The molecule has 2 fully saturated rings. The first-order valence-electron chi connectivity index (χ1n) is 14.3. The third-order valence-corrected chi connectivity index (χ3v) is 9.25. The number of aromatic nitrogens is 1. The maximum atomic E-state index is 13.4. The number of nitrogens with zero attached hydrogens (tertiary/aromatic N) is 1. The highest BCUT2D eigenvalue weighted by Crippen LogP contribution is 2.37. The second-order valence-electron chi connectivity index (χ2n) is 13.2. The van der Waals surface area contributed by atoms with Crippen LogP contribution in [0.4, 0.5) is 0 Å². The fourth-order valence-electron chi connectivity index (χ4n) is 5.52. The lowest BCUT2D eigenvalue weighted by Gasteiger charge is -2.26. The molecule has 0 atom stereocenters. The van der Waals surface area contributed by atoms with E-state index in [1.807, 2.05) is 47.6 Å². The fourth-order valence-corrected chi connectivity index (χ4v) is 7.33. The van der Waals surface area contributed by atoms with Gasteiger partial charge in [0.25, 0.3) is 5.89 Å². The summed E-state index contributed by atoms with van der Waals surface area (Å²) in [5.41, 5.74) is 1.12. The molecule has 1 aromatic carbocycles. The molecule has 216 valence electrons. The number of ether oxygens (including phenoxy) is 1. The Bertz CT molecular complexity index is 1260. The summed E-state index contributed by atoms with van der Waals surface area (Å²) in [6.07, 6.45) is 8.21. The van der Waals surface area contributed by atoms with E-state index >= 15 is 0 Å². The minimum absolute atomic E-state index is 0.0377. The summed E-state index contributed by atoms with van der Waals surface area (Å²) < 4.78 is 41.1. The molecule has 8 nitrogen and oxygen atoms in total. The molecule has 1 saturated carbocycles. The summed E-state index contributed by atoms with van der Waals surface area (Å²) in [6, 6.07) is 5.36. The van der Waals surface area contributed by atoms with Crippen LogP contribution in [-0.2, 0) is 26.6 Å². The van der Waals surface area contributed by atoms with E-state index in [0.717, 1.165) is 43.4 Å². The van der Waals surface area contributed by atoms with Crippen LogP contribution in [0.1, 0.15) is 108 Å². The summed E-state index contributed by atoms with van der Waals surface area (Å²) in [4.78, 5) is 18.1. The Kier molecular flexibility index (Phi) is 8.93. The normalized spacial score (nSPS) is 18.3. The topological polar surface area (TPSA) is 111 Å². The molecule has 1 aliphatic heterocycles. The molecule has 39 heavy (non-hydrogen) atoms. The van der Waals surface area contributed by atoms with Crippen molar-refractivity contribution in [2.45, 2.75) is 115 Å². The lowest BCUT2D eigenvalue weighted by atomic mass is 9.84. The van der Waals surface area contributed by atoms with Crippen LogP contribution in [0, 0.1) is 5.92 Å². The second-order valence-corrected chi connectivity index (χ2v) is 14.8. The number of hydrogen-bond donors (Lipinski definition) is 2. The average molecular weight is 560 g/mol. The van der Waals surface area contributed by atoms with Crippen molar-refractivity contribution in [1.82, 2.24) is 15.0 Å². The zero-order valence-corrected chi connectivity index (χ0v) is 25.2. The largest absolute Gasteiger partial charge is 0.432 e. The zero-order valence-electron chi connectivity index (χ0n) is 24.4. The molecule has 2 heterocycles. The summed E-state index contributed by atoms with van der Waals surface area (Å²) in [5, 5.41) is 3.05. The Morgan fingerprint density at radius 2 is 1.67 bits per heavy atom. The van der Waals surface area contributed by atoms with Gasteiger partial charge >= 0.3 is 5.91 Å². The van der Waals surface area contributed by atoms with Gasteiger partial charge in [0.1, 0.15) is 0 Å². The molecule has 0 radical (unpaired) electrons. The Hall–Kier alpha value is -2.23. The van der Waals surface area contributed by atoms with E-state index in [0.29, 0.717) is 30.5 Å². The van der Waals surface area contributed by atoms with Crippen LogP contribution in [0.15, 0.2) is 27.5 Å². The van der Waals surface area contributed by atoms with E-state index < -0.39 is 21.0 Å². The van der Waals surface area contributed by atoms with Gasteiger partial charge in [-0.1, -0.05) is 52.9 Å². The van der Waals surface area contributed by atoms with Crippen molar-refractivity contribution in [1.29, 1.82) is 0 Å². The molecule has 1 aliphatic carbocycles. The van der Waals surface area contributed by atoms with Gasteiger partial charge < -0.3 is 14.5 Å². The number of amides is 1. The SMILES string of the molecule is CC(C)(C)NS(=O)(=O)c1ccc(-c2oc(C(=O)NC3CCOCC3)nc2CC2CCCCC2)cc1C(C)(C)C. The van der Waals surface area contributed by atoms with Crippen molar-refractivity contribution < 1.29 is 22.4 Å². The van der Waals surface area contributed by atoms with Crippen molar-refractivity contribution >= 4 is 15.9 Å². The van der Waals surface area contributed by atoms with Crippen LogP contribution in [-0.4, -0.2) is 44.1 Å². The average Bonchev–Trinajstić information content (AvgIpc) is 3.27. The number of carbonyl (C=O) groups is 1. The lowest BCUT2D eigenvalue weighted by Crippen LogP contribution is -2.41. The molecule has 0 bridgehead atoms. The number of rotatable bonds is 7. The van der Waals surface area contributed by atoms with E-state index in [1.165, 1.54) is 19.3 Å². The Balaban J connectivity index is 1.74. The monoisotopic (exact) mass is 559 g/mol. The Morgan fingerprint density at radius 1 is 1.00 bits per heavy atom. The van der Waals surface area contributed by atoms with E-state index in [2.05, 4.69) is 10.0 Å². The molecule has 1 saturated heterocycles. The number of hydrogen-bond acceptors (Lipinski definition) is 6. The first-order valence-corrected chi connectivity index (χ1v) is 15.8. The molecule has 4 rings (SSSR count). The molecule has 1 aromatic heterocycles. The number of benzene rings is 1.